The van der Waals surface area contributed by atoms with Crippen molar-refractivity contribution in [2.24, 2.45) is 5.73 Å². The summed E-state index contributed by atoms with van der Waals surface area (Å²) in [6.45, 7) is 7.85. The van der Waals surface area contributed by atoms with Gasteiger partial charge >= 0.3 is 0 Å². The standard InChI is InChI=1S/C16H22N4O3/c1-10(14-19-15(20-23-14)16(2,3)4)18-11-6-5-7-12(8-11)22-9-13(17)21/h5-8,10,18H,9H2,1-4H3,(H2,17,21)/t10-/m0/s1. The zero-order valence-electron chi connectivity index (χ0n) is 13.8. The number of aromatic nitrogens is 2. The Balaban J connectivity index is 2.05. The number of ether oxygens (including phenoxy) is 1. The average Bonchev–Trinajstić information content (AvgIpc) is 2.95. The molecule has 0 saturated heterocycles. The van der Waals surface area contributed by atoms with Crippen molar-refractivity contribution in [1.82, 2.24) is 10.1 Å². The van der Waals surface area contributed by atoms with Gasteiger partial charge in [0.1, 0.15) is 11.8 Å². The SMILES string of the molecule is C[C@H](Nc1cccc(OCC(N)=O)c1)c1nc(C(C)(C)C)no1. The molecule has 0 radical (unpaired) electrons. The Morgan fingerprint density at radius 1 is 1.43 bits per heavy atom. The summed E-state index contributed by atoms with van der Waals surface area (Å²) in [7, 11) is 0. The number of hydrogen-bond acceptors (Lipinski definition) is 6. The number of carbonyl (C=O) groups is 1. The number of rotatable bonds is 6. The highest BCUT2D eigenvalue weighted by Gasteiger charge is 2.23. The quantitative estimate of drug-likeness (QED) is 0.847. The first-order valence-electron chi connectivity index (χ1n) is 7.37. The van der Waals surface area contributed by atoms with Crippen LogP contribution in [0.2, 0.25) is 0 Å². The maximum Gasteiger partial charge on any atom is 0.255 e. The number of carbonyl (C=O) groups excluding carboxylic acids is 1. The molecular formula is C16H22N4O3. The van der Waals surface area contributed by atoms with Crippen LogP contribution in [0.1, 0.15) is 45.5 Å². The third-order valence-corrected chi connectivity index (χ3v) is 3.08. The topological polar surface area (TPSA) is 103 Å². The minimum atomic E-state index is -0.516. The minimum absolute atomic E-state index is 0.155. The molecule has 124 valence electrons. The van der Waals surface area contributed by atoms with Gasteiger partial charge in [0.25, 0.3) is 5.91 Å². The molecule has 1 heterocycles. The van der Waals surface area contributed by atoms with Crippen LogP contribution in [0, 0.1) is 0 Å². The molecule has 0 unspecified atom stereocenters. The molecule has 1 amide bonds. The van der Waals surface area contributed by atoms with Crippen LogP contribution in [-0.2, 0) is 10.2 Å². The lowest BCUT2D eigenvalue weighted by Crippen LogP contribution is -2.20. The van der Waals surface area contributed by atoms with Crippen LogP contribution in [0.5, 0.6) is 5.75 Å². The van der Waals surface area contributed by atoms with E-state index in [-0.39, 0.29) is 18.1 Å². The Labute approximate surface area is 135 Å². The van der Waals surface area contributed by atoms with Gasteiger partial charge in [0.2, 0.25) is 5.89 Å². The summed E-state index contributed by atoms with van der Waals surface area (Å²) >= 11 is 0. The van der Waals surface area contributed by atoms with Crippen molar-refractivity contribution in [3.05, 3.63) is 36.0 Å². The van der Waals surface area contributed by atoms with Gasteiger partial charge < -0.3 is 20.3 Å². The lowest BCUT2D eigenvalue weighted by atomic mass is 9.96. The van der Waals surface area contributed by atoms with Gasteiger partial charge in [-0.1, -0.05) is 32.0 Å². The highest BCUT2D eigenvalue weighted by Crippen LogP contribution is 2.24. The number of benzene rings is 1. The first kappa shape index (κ1) is 16.8. The van der Waals surface area contributed by atoms with E-state index in [1.165, 1.54) is 0 Å². The number of nitrogens with zero attached hydrogens (tertiary/aromatic N) is 2. The molecule has 0 bridgehead atoms. The van der Waals surface area contributed by atoms with Gasteiger partial charge in [-0.15, -0.1) is 0 Å². The van der Waals surface area contributed by atoms with E-state index in [1.54, 1.807) is 12.1 Å². The predicted molar refractivity (Wildman–Crippen MR) is 86.2 cm³/mol. The largest absolute Gasteiger partial charge is 0.484 e. The van der Waals surface area contributed by atoms with Crippen LogP contribution in [0.25, 0.3) is 0 Å². The van der Waals surface area contributed by atoms with Crippen LogP contribution >= 0.6 is 0 Å². The van der Waals surface area contributed by atoms with Crippen LogP contribution in [0.3, 0.4) is 0 Å². The number of hydrogen-bond donors (Lipinski definition) is 2. The summed E-state index contributed by atoms with van der Waals surface area (Å²) in [6, 6.07) is 7.07. The minimum Gasteiger partial charge on any atom is -0.484 e. The molecule has 0 aliphatic heterocycles. The lowest BCUT2D eigenvalue weighted by Gasteiger charge is -2.13. The average molecular weight is 318 g/mol. The molecule has 1 atom stereocenters. The molecule has 2 rings (SSSR count). The van der Waals surface area contributed by atoms with Gasteiger partial charge in [0.15, 0.2) is 12.4 Å². The van der Waals surface area contributed by atoms with Crippen molar-refractivity contribution in [2.45, 2.75) is 39.2 Å². The molecule has 7 heteroatoms. The molecule has 1 aromatic carbocycles. The van der Waals surface area contributed by atoms with Crippen LogP contribution in [0.4, 0.5) is 5.69 Å². The fourth-order valence-corrected chi connectivity index (χ4v) is 1.86. The van der Waals surface area contributed by atoms with E-state index in [2.05, 4.69) is 15.5 Å². The summed E-state index contributed by atoms with van der Waals surface area (Å²) < 4.78 is 10.6. The molecule has 0 saturated carbocycles. The Kier molecular flexibility index (Phi) is 4.88. The Hall–Kier alpha value is -2.57. The molecule has 0 spiro atoms. The van der Waals surface area contributed by atoms with Crippen LogP contribution in [-0.4, -0.2) is 22.7 Å². The molecule has 1 aromatic heterocycles. The summed E-state index contributed by atoms with van der Waals surface area (Å²) in [5.74, 6) is 1.22. The van der Waals surface area contributed by atoms with Crippen molar-refractivity contribution in [3.8, 4) is 5.75 Å². The monoisotopic (exact) mass is 318 g/mol. The Bertz CT molecular complexity index is 676. The van der Waals surface area contributed by atoms with Gasteiger partial charge in [-0.05, 0) is 19.1 Å². The highest BCUT2D eigenvalue weighted by atomic mass is 16.5. The number of nitrogens with two attached hydrogens (primary N) is 1. The zero-order chi connectivity index (χ0) is 17.0. The smallest absolute Gasteiger partial charge is 0.255 e. The maximum absolute atomic E-state index is 10.8. The van der Waals surface area contributed by atoms with E-state index >= 15 is 0 Å². The summed E-state index contributed by atoms with van der Waals surface area (Å²) in [5, 5.41) is 7.27. The van der Waals surface area contributed by atoms with Crippen molar-refractivity contribution in [1.29, 1.82) is 0 Å². The molecule has 3 N–H and O–H groups in total. The number of anilines is 1. The molecule has 0 fully saturated rings. The van der Waals surface area contributed by atoms with Gasteiger partial charge in [-0.2, -0.15) is 4.98 Å². The first-order chi connectivity index (χ1) is 10.8. The van der Waals surface area contributed by atoms with E-state index in [1.807, 2.05) is 39.8 Å². The third-order valence-electron chi connectivity index (χ3n) is 3.08. The normalized spacial score (nSPS) is 12.7. The van der Waals surface area contributed by atoms with Gasteiger partial charge in [-0.3, -0.25) is 4.79 Å². The van der Waals surface area contributed by atoms with E-state index in [0.29, 0.717) is 17.5 Å². The summed E-state index contributed by atoms with van der Waals surface area (Å²) in [4.78, 5) is 15.2. The lowest BCUT2D eigenvalue weighted by molar-refractivity contribution is -0.119. The van der Waals surface area contributed by atoms with Crippen molar-refractivity contribution >= 4 is 11.6 Å². The molecular weight excluding hydrogens is 296 g/mol. The second kappa shape index (κ2) is 6.68. The van der Waals surface area contributed by atoms with Gasteiger partial charge in [-0.25, -0.2) is 0 Å². The van der Waals surface area contributed by atoms with Gasteiger partial charge in [0.05, 0.1) is 0 Å². The fraction of sp³-hybridized carbons (Fsp3) is 0.438. The fourth-order valence-electron chi connectivity index (χ4n) is 1.86. The molecule has 0 aliphatic carbocycles. The maximum atomic E-state index is 10.8. The molecule has 23 heavy (non-hydrogen) atoms. The molecule has 2 aromatic rings. The number of primary amides is 1. The Morgan fingerprint density at radius 3 is 2.78 bits per heavy atom. The van der Waals surface area contributed by atoms with Gasteiger partial charge in [0, 0.05) is 17.2 Å². The van der Waals surface area contributed by atoms with Crippen molar-refractivity contribution in [3.63, 3.8) is 0 Å². The second-order valence-electron chi connectivity index (χ2n) is 6.36. The van der Waals surface area contributed by atoms with Crippen molar-refractivity contribution < 1.29 is 14.1 Å². The van der Waals surface area contributed by atoms with E-state index < -0.39 is 5.91 Å². The highest BCUT2D eigenvalue weighted by molar-refractivity contribution is 5.75. The first-order valence-corrected chi connectivity index (χ1v) is 7.37. The number of nitrogens with one attached hydrogen (secondary N) is 1. The predicted octanol–water partition coefficient (Wildman–Crippen LogP) is 2.40. The third kappa shape index (κ3) is 4.70. The summed E-state index contributed by atoms with van der Waals surface area (Å²) in [6.07, 6.45) is 0. The van der Waals surface area contributed by atoms with Crippen LogP contribution < -0.4 is 15.8 Å². The molecule has 0 aliphatic rings. The molecule has 7 nitrogen and oxygen atoms in total. The van der Waals surface area contributed by atoms with E-state index in [9.17, 15) is 4.79 Å². The van der Waals surface area contributed by atoms with E-state index in [0.717, 1.165) is 5.69 Å². The van der Waals surface area contributed by atoms with Crippen LogP contribution in [0.15, 0.2) is 28.8 Å². The Morgan fingerprint density at radius 2 is 2.17 bits per heavy atom. The van der Waals surface area contributed by atoms with Crippen molar-refractivity contribution in [2.75, 3.05) is 11.9 Å². The second-order valence-corrected chi connectivity index (χ2v) is 6.36. The number of amides is 1. The summed E-state index contributed by atoms with van der Waals surface area (Å²) in [5.41, 5.74) is 5.72. The zero-order valence-corrected chi connectivity index (χ0v) is 13.8. The van der Waals surface area contributed by atoms with E-state index in [4.69, 9.17) is 15.0 Å².